The Morgan fingerprint density at radius 1 is 1.26 bits per heavy atom. The molecule has 0 radical (unpaired) electrons. The molecule has 0 atom stereocenters. The summed E-state index contributed by atoms with van der Waals surface area (Å²) in [6.45, 7) is 4.36. The molecule has 1 fully saturated rings. The molecule has 4 nitrogen and oxygen atoms in total. The van der Waals surface area contributed by atoms with E-state index in [0.29, 0.717) is 18.4 Å². The maximum atomic E-state index is 9.77. The molecule has 0 unspecified atom stereocenters. The SMILES string of the molecule is NCCCOC1CCN(Cc2ccccc2O)CC1. The monoisotopic (exact) mass is 264 g/mol. The van der Waals surface area contributed by atoms with Crippen molar-refractivity contribution in [2.24, 2.45) is 5.73 Å². The highest BCUT2D eigenvalue weighted by Gasteiger charge is 2.20. The molecule has 0 bridgehead atoms. The van der Waals surface area contributed by atoms with Crippen molar-refractivity contribution in [1.29, 1.82) is 0 Å². The summed E-state index contributed by atoms with van der Waals surface area (Å²) in [6.07, 6.45) is 3.46. The maximum Gasteiger partial charge on any atom is 0.120 e. The summed E-state index contributed by atoms with van der Waals surface area (Å²) in [5.74, 6) is 0.392. The Morgan fingerprint density at radius 3 is 2.68 bits per heavy atom. The van der Waals surface area contributed by atoms with E-state index < -0.39 is 0 Å². The van der Waals surface area contributed by atoms with Gasteiger partial charge in [-0.25, -0.2) is 0 Å². The van der Waals surface area contributed by atoms with Crippen LogP contribution in [0.2, 0.25) is 0 Å². The summed E-state index contributed by atoms with van der Waals surface area (Å²) in [4.78, 5) is 2.37. The third-order valence-electron chi connectivity index (χ3n) is 3.62. The summed E-state index contributed by atoms with van der Waals surface area (Å²) in [6, 6.07) is 7.56. The number of nitrogens with zero attached hydrogens (tertiary/aromatic N) is 1. The van der Waals surface area contributed by atoms with Crippen LogP contribution < -0.4 is 5.73 Å². The van der Waals surface area contributed by atoms with E-state index in [-0.39, 0.29) is 0 Å². The second-order valence-electron chi connectivity index (χ2n) is 5.12. The van der Waals surface area contributed by atoms with Crippen LogP contribution in [0, 0.1) is 0 Å². The number of aromatic hydroxyl groups is 1. The third kappa shape index (κ3) is 4.49. The Labute approximate surface area is 115 Å². The highest BCUT2D eigenvalue weighted by molar-refractivity contribution is 5.31. The van der Waals surface area contributed by atoms with Gasteiger partial charge in [-0.3, -0.25) is 4.90 Å². The van der Waals surface area contributed by atoms with Gasteiger partial charge in [0, 0.05) is 31.8 Å². The molecule has 2 rings (SSSR count). The number of para-hydroxylation sites is 1. The molecular formula is C15H24N2O2. The van der Waals surface area contributed by atoms with E-state index in [1.807, 2.05) is 18.2 Å². The van der Waals surface area contributed by atoms with E-state index >= 15 is 0 Å². The predicted molar refractivity (Wildman–Crippen MR) is 76.0 cm³/mol. The highest BCUT2D eigenvalue weighted by Crippen LogP contribution is 2.21. The minimum absolute atomic E-state index is 0.382. The maximum absolute atomic E-state index is 9.77. The normalized spacial score (nSPS) is 17.7. The van der Waals surface area contributed by atoms with Crippen LogP contribution in [-0.2, 0) is 11.3 Å². The van der Waals surface area contributed by atoms with Crippen molar-refractivity contribution in [2.45, 2.75) is 31.9 Å². The summed E-state index contributed by atoms with van der Waals surface area (Å²) >= 11 is 0. The van der Waals surface area contributed by atoms with Crippen LogP contribution in [0.5, 0.6) is 5.75 Å². The van der Waals surface area contributed by atoms with Crippen LogP contribution in [0.3, 0.4) is 0 Å². The van der Waals surface area contributed by atoms with Gasteiger partial charge in [-0.15, -0.1) is 0 Å². The highest BCUT2D eigenvalue weighted by atomic mass is 16.5. The Bertz CT molecular complexity index is 376. The van der Waals surface area contributed by atoms with E-state index in [1.165, 1.54) is 0 Å². The molecule has 0 spiro atoms. The van der Waals surface area contributed by atoms with Gasteiger partial charge in [-0.1, -0.05) is 18.2 Å². The van der Waals surface area contributed by atoms with Crippen LogP contribution >= 0.6 is 0 Å². The van der Waals surface area contributed by atoms with Gasteiger partial charge in [-0.2, -0.15) is 0 Å². The van der Waals surface area contributed by atoms with Crippen molar-refractivity contribution in [1.82, 2.24) is 4.90 Å². The minimum atomic E-state index is 0.382. The van der Waals surface area contributed by atoms with Crippen molar-refractivity contribution in [3.8, 4) is 5.75 Å². The van der Waals surface area contributed by atoms with Gasteiger partial charge in [0.15, 0.2) is 0 Å². The summed E-state index contributed by atoms with van der Waals surface area (Å²) in [5, 5.41) is 9.77. The van der Waals surface area contributed by atoms with Crippen molar-refractivity contribution in [3.05, 3.63) is 29.8 Å². The molecule has 1 aliphatic rings. The number of ether oxygens (including phenoxy) is 1. The molecule has 3 N–H and O–H groups in total. The molecule has 0 aromatic heterocycles. The van der Waals surface area contributed by atoms with E-state index in [0.717, 1.165) is 51.1 Å². The van der Waals surface area contributed by atoms with Gasteiger partial charge >= 0.3 is 0 Å². The predicted octanol–water partition coefficient (Wildman–Crippen LogP) is 1.72. The van der Waals surface area contributed by atoms with Gasteiger partial charge in [0.1, 0.15) is 5.75 Å². The molecular weight excluding hydrogens is 240 g/mol. The number of hydrogen-bond donors (Lipinski definition) is 2. The van der Waals surface area contributed by atoms with E-state index in [1.54, 1.807) is 6.07 Å². The Balaban J connectivity index is 1.73. The van der Waals surface area contributed by atoms with E-state index in [9.17, 15) is 5.11 Å². The first-order chi connectivity index (χ1) is 9.29. The van der Waals surface area contributed by atoms with Gasteiger partial charge < -0.3 is 15.6 Å². The lowest BCUT2D eigenvalue weighted by Gasteiger charge is -2.32. The molecule has 19 heavy (non-hydrogen) atoms. The smallest absolute Gasteiger partial charge is 0.120 e. The van der Waals surface area contributed by atoms with Crippen LogP contribution in [0.25, 0.3) is 0 Å². The van der Waals surface area contributed by atoms with Gasteiger partial charge in [0.2, 0.25) is 0 Å². The van der Waals surface area contributed by atoms with Crippen LogP contribution in [0.15, 0.2) is 24.3 Å². The number of benzene rings is 1. The molecule has 0 aliphatic carbocycles. The number of piperidine rings is 1. The molecule has 1 heterocycles. The number of likely N-dealkylation sites (tertiary alicyclic amines) is 1. The topological polar surface area (TPSA) is 58.7 Å². The standard InChI is InChI=1S/C15H24N2O2/c16-8-3-11-19-14-6-9-17(10-7-14)12-13-4-1-2-5-15(13)18/h1-2,4-5,14,18H,3,6-12,16H2. The fourth-order valence-corrected chi connectivity index (χ4v) is 2.45. The zero-order valence-electron chi connectivity index (χ0n) is 11.4. The largest absolute Gasteiger partial charge is 0.508 e. The van der Waals surface area contributed by atoms with Crippen LogP contribution in [0.4, 0.5) is 0 Å². The molecule has 106 valence electrons. The average molecular weight is 264 g/mol. The van der Waals surface area contributed by atoms with Crippen LogP contribution in [-0.4, -0.2) is 42.4 Å². The zero-order chi connectivity index (χ0) is 13.5. The Hall–Kier alpha value is -1.10. The first kappa shape index (κ1) is 14.3. The second-order valence-corrected chi connectivity index (χ2v) is 5.12. The van der Waals surface area contributed by atoms with Gasteiger partial charge in [0.05, 0.1) is 6.10 Å². The van der Waals surface area contributed by atoms with Gasteiger partial charge in [-0.05, 0) is 31.9 Å². The van der Waals surface area contributed by atoms with Crippen molar-refractivity contribution < 1.29 is 9.84 Å². The first-order valence-electron chi connectivity index (χ1n) is 7.10. The fraction of sp³-hybridized carbons (Fsp3) is 0.600. The quantitative estimate of drug-likeness (QED) is 0.768. The molecule has 1 saturated heterocycles. The Morgan fingerprint density at radius 2 is 2.00 bits per heavy atom. The summed E-state index contributed by atoms with van der Waals surface area (Å²) in [5.41, 5.74) is 6.46. The molecule has 0 saturated carbocycles. The van der Waals surface area contributed by atoms with Crippen LogP contribution in [0.1, 0.15) is 24.8 Å². The molecule has 1 aliphatic heterocycles. The molecule has 0 amide bonds. The van der Waals surface area contributed by atoms with Crippen molar-refractivity contribution >= 4 is 0 Å². The van der Waals surface area contributed by atoms with Crippen molar-refractivity contribution in [2.75, 3.05) is 26.2 Å². The molecule has 4 heteroatoms. The summed E-state index contributed by atoms with van der Waals surface area (Å²) in [7, 11) is 0. The summed E-state index contributed by atoms with van der Waals surface area (Å²) < 4.78 is 5.79. The lowest BCUT2D eigenvalue weighted by atomic mass is 10.1. The number of phenolic OH excluding ortho intramolecular Hbond substituents is 1. The van der Waals surface area contributed by atoms with E-state index in [2.05, 4.69) is 4.90 Å². The number of nitrogens with two attached hydrogens (primary N) is 1. The lowest BCUT2D eigenvalue weighted by Crippen LogP contribution is -2.36. The number of hydrogen-bond acceptors (Lipinski definition) is 4. The number of phenols is 1. The zero-order valence-corrected chi connectivity index (χ0v) is 11.4. The average Bonchev–Trinajstić information content (AvgIpc) is 2.44. The third-order valence-corrected chi connectivity index (χ3v) is 3.62. The minimum Gasteiger partial charge on any atom is -0.508 e. The lowest BCUT2D eigenvalue weighted by molar-refractivity contribution is 0.00553. The second kappa shape index (κ2) is 7.48. The number of rotatable bonds is 6. The fourth-order valence-electron chi connectivity index (χ4n) is 2.45. The first-order valence-corrected chi connectivity index (χ1v) is 7.10. The van der Waals surface area contributed by atoms with Gasteiger partial charge in [0.25, 0.3) is 0 Å². The Kier molecular flexibility index (Phi) is 5.63. The van der Waals surface area contributed by atoms with Crippen molar-refractivity contribution in [3.63, 3.8) is 0 Å². The molecule has 1 aromatic carbocycles. The van der Waals surface area contributed by atoms with E-state index in [4.69, 9.17) is 10.5 Å². The molecule has 1 aromatic rings.